The summed E-state index contributed by atoms with van der Waals surface area (Å²) in [7, 11) is 1.67. The van der Waals surface area contributed by atoms with Crippen LogP contribution >= 0.6 is 0 Å². The van der Waals surface area contributed by atoms with Gasteiger partial charge in [-0.25, -0.2) is 0 Å². The van der Waals surface area contributed by atoms with Gasteiger partial charge in [0.2, 0.25) is 0 Å². The van der Waals surface area contributed by atoms with Gasteiger partial charge in [-0.3, -0.25) is 9.97 Å². The summed E-state index contributed by atoms with van der Waals surface area (Å²) >= 11 is 0. The van der Waals surface area contributed by atoms with E-state index in [1.807, 2.05) is 18.2 Å². The molecular weight excluding hydrogens is 228 g/mol. The SMILES string of the molecule is COc1ccc2c(c1)CC[C@H](c1cnccn1)O2. The first-order chi connectivity index (χ1) is 8.86. The van der Waals surface area contributed by atoms with E-state index in [0.717, 1.165) is 30.0 Å². The summed E-state index contributed by atoms with van der Waals surface area (Å²) in [6.45, 7) is 0. The minimum atomic E-state index is -0.000375. The summed E-state index contributed by atoms with van der Waals surface area (Å²) in [5.74, 6) is 1.79. The Morgan fingerprint density at radius 1 is 1.33 bits per heavy atom. The lowest BCUT2D eigenvalue weighted by atomic mass is 10.0. The first-order valence-corrected chi connectivity index (χ1v) is 5.96. The highest BCUT2D eigenvalue weighted by atomic mass is 16.5. The number of hydrogen-bond acceptors (Lipinski definition) is 4. The fraction of sp³-hybridized carbons (Fsp3) is 0.286. The molecule has 1 aromatic heterocycles. The van der Waals surface area contributed by atoms with Crippen molar-refractivity contribution in [3.05, 3.63) is 48.0 Å². The quantitative estimate of drug-likeness (QED) is 0.811. The van der Waals surface area contributed by atoms with Gasteiger partial charge < -0.3 is 9.47 Å². The minimum Gasteiger partial charge on any atom is -0.497 e. The molecule has 2 heterocycles. The van der Waals surface area contributed by atoms with Crippen molar-refractivity contribution in [2.75, 3.05) is 7.11 Å². The average Bonchev–Trinajstić information content (AvgIpc) is 2.47. The van der Waals surface area contributed by atoms with E-state index in [-0.39, 0.29) is 6.10 Å². The summed E-state index contributed by atoms with van der Waals surface area (Å²) in [6, 6.07) is 5.90. The molecule has 1 aliphatic heterocycles. The number of aryl methyl sites for hydroxylation is 1. The van der Waals surface area contributed by atoms with Gasteiger partial charge in [-0.15, -0.1) is 0 Å². The molecular formula is C14H14N2O2. The van der Waals surface area contributed by atoms with E-state index in [2.05, 4.69) is 9.97 Å². The molecule has 0 radical (unpaired) electrons. The normalized spacial score (nSPS) is 17.7. The summed E-state index contributed by atoms with van der Waals surface area (Å²) in [4.78, 5) is 8.38. The van der Waals surface area contributed by atoms with Gasteiger partial charge in [0.05, 0.1) is 19.0 Å². The molecule has 0 spiro atoms. The molecule has 4 nitrogen and oxygen atoms in total. The maximum atomic E-state index is 5.96. The molecule has 1 atom stereocenters. The number of hydrogen-bond donors (Lipinski definition) is 0. The largest absolute Gasteiger partial charge is 0.497 e. The van der Waals surface area contributed by atoms with Crippen molar-refractivity contribution < 1.29 is 9.47 Å². The highest BCUT2D eigenvalue weighted by Crippen LogP contribution is 2.35. The Labute approximate surface area is 106 Å². The fourth-order valence-electron chi connectivity index (χ4n) is 2.18. The zero-order chi connectivity index (χ0) is 12.4. The van der Waals surface area contributed by atoms with Crippen molar-refractivity contribution >= 4 is 0 Å². The molecule has 2 aromatic rings. The van der Waals surface area contributed by atoms with Crippen molar-refractivity contribution in [3.8, 4) is 11.5 Å². The number of rotatable bonds is 2. The Kier molecular flexibility index (Phi) is 2.84. The maximum absolute atomic E-state index is 5.96. The lowest BCUT2D eigenvalue weighted by molar-refractivity contribution is 0.171. The second-order valence-electron chi connectivity index (χ2n) is 4.25. The smallest absolute Gasteiger partial charge is 0.142 e. The van der Waals surface area contributed by atoms with Crippen molar-refractivity contribution in [1.29, 1.82) is 0 Å². The van der Waals surface area contributed by atoms with Gasteiger partial charge in [-0.05, 0) is 36.6 Å². The zero-order valence-electron chi connectivity index (χ0n) is 10.2. The van der Waals surface area contributed by atoms with E-state index in [4.69, 9.17) is 9.47 Å². The third kappa shape index (κ3) is 2.01. The third-order valence-corrected chi connectivity index (χ3v) is 3.13. The van der Waals surface area contributed by atoms with Crippen molar-refractivity contribution in [2.24, 2.45) is 0 Å². The Morgan fingerprint density at radius 3 is 3.06 bits per heavy atom. The van der Waals surface area contributed by atoms with Gasteiger partial charge >= 0.3 is 0 Å². The molecule has 1 aromatic carbocycles. The molecule has 18 heavy (non-hydrogen) atoms. The van der Waals surface area contributed by atoms with Crippen LogP contribution < -0.4 is 9.47 Å². The molecule has 0 N–H and O–H groups in total. The van der Waals surface area contributed by atoms with E-state index in [9.17, 15) is 0 Å². The van der Waals surface area contributed by atoms with E-state index in [1.54, 1.807) is 25.7 Å². The van der Waals surface area contributed by atoms with E-state index < -0.39 is 0 Å². The number of fused-ring (bicyclic) bond motifs is 1. The minimum absolute atomic E-state index is 0.000375. The summed E-state index contributed by atoms with van der Waals surface area (Å²) < 4.78 is 11.2. The molecule has 0 unspecified atom stereocenters. The van der Waals surface area contributed by atoms with Gasteiger partial charge in [0.1, 0.15) is 17.6 Å². The summed E-state index contributed by atoms with van der Waals surface area (Å²) in [5.41, 5.74) is 2.08. The summed E-state index contributed by atoms with van der Waals surface area (Å²) in [5, 5.41) is 0. The van der Waals surface area contributed by atoms with Crippen LogP contribution in [0.2, 0.25) is 0 Å². The molecule has 0 saturated heterocycles. The van der Waals surface area contributed by atoms with Crippen molar-refractivity contribution in [1.82, 2.24) is 9.97 Å². The first kappa shape index (κ1) is 11.0. The number of aromatic nitrogens is 2. The van der Waals surface area contributed by atoms with Gasteiger partial charge in [-0.1, -0.05) is 0 Å². The van der Waals surface area contributed by atoms with Gasteiger partial charge in [0.15, 0.2) is 0 Å². The van der Waals surface area contributed by atoms with Crippen LogP contribution in [-0.2, 0) is 6.42 Å². The standard InChI is InChI=1S/C14H14N2O2/c1-17-11-3-5-13-10(8-11)2-4-14(18-13)12-9-15-6-7-16-12/h3,5-9,14H,2,4H2,1H3/t14-/m1/s1. The molecule has 92 valence electrons. The Hall–Kier alpha value is -2.10. The molecule has 1 aliphatic rings. The van der Waals surface area contributed by atoms with Crippen LogP contribution in [0.4, 0.5) is 0 Å². The van der Waals surface area contributed by atoms with E-state index in [0.29, 0.717) is 0 Å². The van der Waals surface area contributed by atoms with Crippen molar-refractivity contribution in [3.63, 3.8) is 0 Å². The van der Waals surface area contributed by atoms with E-state index >= 15 is 0 Å². The van der Waals surface area contributed by atoms with Crippen LogP contribution in [0.15, 0.2) is 36.8 Å². The number of nitrogens with zero attached hydrogens (tertiary/aromatic N) is 2. The predicted octanol–water partition coefficient (Wildman–Crippen LogP) is 2.55. The molecule has 0 fully saturated rings. The van der Waals surface area contributed by atoms with Crippen LogP contribution in [0.3, 0.4) is 0 Å². The van der Waals surface area contributed by atoms with Crippen molar-refractivity contribution in [2.45, 2.75) is 18.9 Å². The lowest BCUT2D eigenvalue weighted by Gasteiger charge is -2.25. The highest BCUT2D eigenvalue weighted by molar-refractivity contribution is 5.42. The second kappa shape index (κ2) is 4.64. The second-order valence-corrected chi connectivity index (χ2v) is 4.25. The Morgan fingerprint density at radius 2 is 2.28 bits per heavy atom. The van der Waals surface area contributed by atoms with Crippen LogP contribution in [0.5, 0.6) is 11.5 Å². The number of ether oxygens (including phenoxy) is 2. The van der Waals surface area contributed by atoms with Gasteiger partial charge in [0.25, 0.3) is 0 Å². The van der Waals surface area contributed by atoms with Crippen LogP contribution in [0.1, 0.15) is 23.8 Å². The Balaban J connectivity index is 1.85. The highest BCUT2D eigenvalue weighted by Gasteiger charge is 2.22. The lowest BCUT2D eigenvalue weighted by Crippen LogP contribution is -2.16. The number of benzene rings is 1. The summed E-state index contributed by atoms with van der Waals surface area (Å²) in [6.07, 6.45) is 7.01. The Bertz CT molecular complexity index is 543. The maximum Gasteiger partial charge on any atom is 0.142 e. The number of methoxy groups -OCH3 is 1. The topological polar surface area (TPSA) is 44.2 Å². The zero-order valence-corrected chi connectivity index (χ0v) is 10.2. The predicted molar refractivity (Wildman–Crippen MR) is 66.7 cm³/mol. The monoisotopic (exact) mass is 242 g/mol. The fourth-order valence-corrected chi connectivity index (χ4v) is 2.18. The van der Waals surface area contributed by atoms with Crippen LogP contribution in [-0.4, -0.2) is 17.1 Å². The first-order valence-electron chi connectivity index (χ1n) is 5.96. The molecule has 0 amide bonds. The average molecular weight is 242 g/mol. The molecule has 0 aliphatic carbocycles. The van der Waals surface area contributed by atoms with Gasteiger partial charge in [-0.2, -0.15) is 0 Å². The molecule has 3 rings (SSSR count). The van der Waals surface area contributed by atoms with Crippen LogP contribution in [0, 0.1) is 0 Å². The third-order valence-electron chi connectivity index (χ3n) is 3.13. The van der Waals surface area contributed by atoms with Gasteiger partial charge in [0, 0.05) is 12.4 Å². The van der Waals surface area contributed by atoms with Crippen LogP contribution in [0.25, 0.3) is 0 Å². The molecule has 4 heteroatoms. The molecule has 0 saturated carbocycles. The molecule has 0 bridgehead atoms. The van der Waals surface area contributed by atoms with E-state index in [1.165, 1.54) is 5.56 Å².